The average molecular weight is 287 g/mol. The van der Waals surface area contributed by atoms with Gasteiger partial charge in [0.25, 0.3) is 0 Å². The smallest absolute Gasteiger partial charge is 0.196 e. The van der Waals surface area contributed by atoms with Crippen LogP contribution in [0.1, 0.15) is 25.3 Å². The highest BCUT2D eigenvalue weighted by molar-refractivity contribution is 5.82. The van der Waals surface area contributed by atoms with Crippen molar-refractivity contribution in [1.82, 2.24) is 9.80 Å². The lowest BCUT2D eigenvalue weighted by molar-refractivity contribution is 0.109. The predicted molar refractivity (Wildman–Crippen MR) is 85.6 cm³/mol. The molecule has 0 bridgehead atoms. The molecular formula is C17H25N3O. The highest BCUT2D eigenvalue weighted by atomic mass is 16.3. The molecule has 1 aromatic rings. The van der Waals surface area contributed by atoms with Crippen molar-refractivity contribution in [2.75, 3.05) is 39.3 Å². The minimum atomic E-state index is 0.199. The van der Waals surface area contributed by atoms with E-state index in [2.05, 4.69) is 47.1 Å². The standard InChI is InChI=1S/C17H25N3O/c1-2-17(15-7-4-3-5-8-15)13-20(14-17)16-18-9-6-10-19(16)11-12-21/h3-5,7-8,21H,2,6,9-14H2,1H3. The van der Waals surface area contributed by atoms with Crippen LogP contribution < -0.4 is 0 Å². The number of aliphatic imine (C=N–C) groups is 1. The number of hydrogen-bond donors (Lipinski definition) is 1. The zero-order valence-electron chi connectivity index (χ0n) is 12.8. The second-order valence-corrected chi connectivity index (χ2v) is 6.10. The van der Waals surface area contributed by atoms with Crippen molar-refractivity contribution in [3.05, 3.63) is 35.9 Å². The number of likely N-dealkylation sites (tertiary alicyclic amines) is 1. The summed E-state index contributed by atoms with van der Waals surface area (Å²) in [7, 11) is 0. The maximum atomic E-state index is 9.22. The number of hydrogen-bond acceptors (Lipinski definition) is 4. The summed E-state index contributed by atoms with van der Waals surface area (Å²) in [4.78, 5) is 9.31. The van der Waals surface area contributed by atoms with E-state index in [9.17, 15) is 5.11 Å². The molecule has 0 radical (unpaired) electrons. The molecule has 1 saturated heterocycles. The van der Waals surface area contributed by atoms with E-state index in [1.54, 1.807) is 0 Å². The summed E-state index contributed by atoms with van der Waals surface area (Å²) in [5, 5.41) is 9.22. The van der Waals surface area contributed by atoms with Crippen LogP contribution in [0.25, 0.3) is 0 Å². The van der Waals surface area contributed by atoms with Crippen molar-refractivity contribution < 1.29 is 5.11 Å². The van der Waals surface area contributed by atoms with Crippen molar-refractivity contribution >= 4 is 5.96 Å². The quantitative estimate of drug-likeness (QED) is 0.916. The van der Waals surface area contributed by atoms with E-state index >= 15 is 0 Å². The van der Waals surface area contributed by atoms with Gasteiger partial charge in [-0.15, -0.1) is 0 Å². The molecule has 1 aromatic carbocycles. The Morgan fingerprint density at radius 1 is 1.24 bits per heavy atom. The third-order valence-corrected chi connectivity index (χ3v) is 4.82. The van der Waals surface area contributed by atoms with E-state index in [1.165, 1.54) is 5.56 Å². The lowest BCUT2D eigenvalue weighted by Gasteiger charge is -2.53. The Hall–Kier alpha value is -1.55. The molecule has 21 heavy (non-hydrogen) atoms. The molecule has 0 unspecified atom stereocenters. The van der Waals surface area contributed by atoms with E-state index in [0.717, 1.165) is 45.0 Å². The molecular weight excluding hydrogens is 262 g/mol. The highest BCUT2D eigenvalue weighted by Crippen LogP contribution is 2.38. The van der Waals surface area contributed by atoms with Crippen LogP contribution in [0.2, 0.25) is 0 Å². The van der Waals surface area contributed by atoms with Gasteiger partial charge in [-0.1, -0.05) is 37.3 Å². The van der Waals surface area contributed by atoms with Crippen LogP contribution >= 0.6 is 0 Å². The Kier molecular flexibility index (Phi) is 4.15. The van der Waals surface area contributed by atoms with E-state index in [-0.39, 0.29) is 12.0 Å². The first-order valence-electron chi connectivity index (χ1n) is 8.00. The number of nitrogens with zero attached hydrogens (tertiary/aromatic N) is 3. The van der Waals surface area contributed by atoms with Gasteiger partial charge in [0.2, 0.25) is 0 Å². The summed E-state index contributed by atoms with van der Waals surface area (Å²) in [5.41, 5.74) is 1.71. The predicted octanol–water partition coefficient (Wildman–Crippen LogP) is 1.70. The molecule has 0 aromatic heterocycles. The van der Waals surface area contributed by atoms with Gasteiger partial charge in [0, 0.05) is 38.1 Å². The number of aliphatic hydroxyl groups excluding tert-OH is 1. The largest absolute Gasteiger partial charge is 0.395 e. The number of guanidine groups is 1. The minimum Gasteiger partial charge on any atom is -0.395 e. The molecule has 4 nitrogen and oxygen atoms in total. The first kappa shape index (κ1) is 14.4. The topological polar surface area (TPSA) is 39.1 Å². The van der Waals surface area contributed by atoms with E-state index in [0.29, 0.717) is 6.54 Å². The molecule has 1 fully saturated rings. The molecule has 0 atom stereocenters. The molecule has 2 aliphatic rings. The van der Waals surface area contributed by atoms with Crippen molar-refractivity contribution in [2.24, 2.45) is 4.99 Å². The van der Waals surface area contributed by atoms with Crippen LogP contribution in [-0.4, -0.2) is 60.2 Å². The molecule has 4 heteroatoms. The molecule has 0 aliphatic carbocycles. The van der Waals surface area contributed by atoms with Gasteiger partial charge < -0.3 is 14.9 Å². The molecule has 114 valence electrons. The molecule has 2 heterocycles. The molecule has 3 rings (SSSR count). The third-order valence-electron chi connectivity index (χ3n) is 4.82. The zero-order valence-corrected chi connectivity index (χ0v) is 12.8. The lowest BCUT2D eigenvalue weighted by atomic mass is 9.72. The minimum absolute atomic E-state index is 0.199. The SMILES string of the molecule is CCC1(c2ccccc2)CN(C2=NCCCN2CCO)C1. The summed E-state index contributed by atoms with van der Waals surface area (Å²) >= 11 is 0. The Balaban J connectivity index is 1.72. The molecule has 2 aliphatic heterocycles. The van der Waals surface area contributed by atoms with Gasteiger partial charge in [-0.05, 0) is 18.4 Å². The molecule has 1 N–H and O–H groups in total. The number of rotatable bonds is 4. The Morgan fingerprint density at radius 2 is 2.00 bits per heavy atom. The lowest BCUT2D eigenvalue weighted by Crippen LogP contribution is -2.64. The summed E-state index contributed by atoms with van der Waals surface area (Å²) in [6.45, 7) is 7.17. The zero-order chi connectivity index (χ0) is 14.7. The molecule has 0 spiro atoms. The highest BCUT2D eigenvalue weighted by Gasteiger charge is 2.45. The summed E-state index contributed by atoms with van der Waals surface area (Å²) in [6, 6.07) is 10.8. The van der Waals surface area contributed by atoms with Crippen LogP contribution in [0.3, 0.4) is 0 Å². The van der Waals surface area contributed by atoms with Gasteiger partial charge >= 0.3 is 0 Å². The van der Waals surface area contributed by atoms with Gasteiger partial charge in [-0.25, -0.2) is 0 Å². The van der Waals surface area contributed by atoms with Crippen molar-refractivity contribution in [3.8, 4) is 0 Å². The summed E-state index contributed by atoms with van der Waals surface area (Å²) in [6.07, 6.45) is 2.25. The fourth-order valence-corrected chi connectivity index (χ4v) is 3.50. The fourth-order valence-electron chi connectivity index (χ4n) is 3.50. The fraction of sp³-hybridized carbons (Fsp3) is 0.588. The van der Waals surface area contributed by atoms with Crippen LogP contribution in [0.4, 0.5) is 0 Å². The van der Waals surface area contributed by atoms with Crippen LogP contribution in [0, 0.1) is 0 Å². The van der Waals surface area contributed by atoms with E-state index < -0.39 is 0 Å². The van der Waals surface area contributed by atoms with Crippen molar-refractivity contribution in [3.63, 3.8) is 0 Å². The molecule has 0 saturated carbocycles. The number of benzene rings is 1. The van der Waals surface area contributed by atoms with Crippen molar-refractivity contribution in [1.29, 1.82) is 0 Å². The summed E-state index contributed by atoms with van der Waals surface area (Å²) in [5.74, 6) is 1.09. The van der Waals surface area contributed by atoms with Gasteiger partial charge in [0.05, 0.1) is 6.61 Å². The maximum Gasteiger partial charge on any atom is 0.196 e. The maximum absolute atomic E-state index is 9.22. The number of aliphatic hydroxyl groups is 1. The second kappa shape index (κ2) is 6.06. The number of β-amino-alcohol motifs (C(OH)–C–C–N with tert-alkyl or cyclic N) is 1. The van der Waals surface area contributed by atoms with Gasteiger partial charge in [-0.2, -0.15) is 0 Å². The normalized spacial score (nSPS) is 21.0. The van der Waals surface area contributed by atoms with Gasteiger partial charge in [-0.3, -0.25) is 4.99 Å². The second-order valence-electron chi connectivity index (χ2n) is 6.10. The average Bonchev–Trinajstić information content (AvgIpc) is 2.50. The van der Waals surface area contributed by atoms with Gasteiger partial charge in [0.15, 0.2) is 5.96 Å². The van der Waals surface area contributed by atoms with Gasteiger partial charge in [0.1, 0.15) is 0 Å². The first-order chi connectivity index (χ1) is 10.3. The van der Waals surface area contributed by atoms with Crippen LogP contribution in [-0.2, 0) is 5.41 Å². The van der Waals surface area contributed by atoms with Crippen LogP contribution in [0.5, 0.6) is 0 Å². The first-order valence-corrected chi connectivity index (χ1v) is 8.00. The Morgan fingerprint density at radius 3 is 2.67 bits per heavy atom. The Labute approximate surface area is 127 Å². The van der Waals surface area contributed by atoms with E-state index in [4.69, 9.17) is 4.99 Å². The summed E-state index contributed by atoms with van der Waals surface area (Å²) < 4.78 is 0. The monoisotopic (exact) mass is 287 g/mol. The molecule has 0 amide bonds. The Bertz CT molecular complexity index is 494. The van der Waals surface area contributed by atoms with E-state index in [1.807, 2.05) is 0 Å². The third kappa shape index (κ3) is 2.64. The van der Waals surface area contributed by atoms with Crippen molar-refractivity contribution in [2.45, 2.75) is 25.2 Å². The van der Waals surface area contributed by atoms with Crippen LogP contribution in [0.15, 0.2) is 35.3 Å².